The third-order valence-corrected chi connectivity index (χ3v) is 2.98. The molecule has 1 aliphatic rings. The fraction of sp³-hybridized carbons (Fsp3) is 0.500. The smallest absolute Gasteiger partial charge is 0.307 e. The molecular weight excluding hydrogens is 230 g/mol. The number of hydrogen-bond acceptors (Lipinski definition) is 4. The number of carbonyl (C=O) groups is 1. The minimum atomic E-state index is -0.148. The quantitative estimate of drug-likeness (QED) is 0.811. The molecule has 1 aromatic carbocycles. The number of ether oxygens (including phenoxy) is 2. The van der Waals surface area contributed by atoms with Gasteiger partial charge in [0.2, 0.25) is 0 Å². The number of hydrogen-bond donors (Lipinski definition) is 1. The topological polar surface area (TPSA) is 47.6 Å². The Hall–Kier alpha value is -1.55. The van der Waals surface area contributed by atoms with Crippen molar-refractivity contribution in [2.75, 3.05) is 19.8 Å². The molecule has 1 N–H and O–H groups in total. The zero-order valence-corrected chi connectivity index (χ0v) is 10.6. The van der Waals surface area contributed by atoms with Crippen molar-refractivity contribution >= 4 is 5.97 Å². The zero-order valence-electron chi connectivity index (χ0n) is 10.6. The van der Waals surface area contributed by atoms with Gasteiger partial charge in [-0.3, -0.25) is 4.79 Å². The van der Waals surface area contributed by atoms with E-state index in [4.69, 9.17) is 9.47 Å². The van der Waals surface area contributed by atoms with Crippen LogP contribution in [0.1, 0.15) is 31.4 Å². The lowest BCUT2D eigenvalue weighted by Crippen LogP contribution is -2.29. The van der Waals surface area contributed by atoms with Crippen molar-refractivity contribution < 1.29 is 14.3 Å². The molecule has 1 unspecified atom stereocenters. The van der Waals surface area contributed by atoms with Crippen LogP contribution in [0.2, 0.25) is 0 Å². The molecule has 98 valence electrons. The zero-order chi connectivity index (χ0) is 12.8. The normalized spacial score (nSPS) is 17.7. The Morgan fingerprint density at radius 2 is 2.33 bits per heavy atom. The number of rotatable bonds is 5. The maximum Gasteiger partial charge on any atom is 0.307 e. The molecule has 0 saturated carbocycles. The molecule has 1 atom stereocenters. The first-order chi connectivity index (χ1) is 8.81. The van der Waals surface area contributed by atoms with E-state index in [2.05, 4.69) is 11.4 Å². The van der Waals surface area contributed by atoms with Gasteiger partial charge < -0.3 is 14.8 Å². The second-order valence-corrected chi connectivity index (χ2v) is 4.24. The van der Waals surface area contributed by atoms with Crippen LogP contribution in [-0.2, 0) is 9.53 Å². The standard InChI is InChI=1S/C14H19NO3/c1-2-17-14(16)7-9-15-12-8-10-18-13-6-4-3-5-11(12)13/h3-6,12,15H,2,7-10H2,1H3. The van der Waals surface area contributed by atoms with Gasteiger partial charge in [0.15, 0.2) is 0 Å². The molecule has 2 rings (SSSR count). The predicted molar refractivity (Wildman–Crippen MR) is 68.5 cm³/mol. The first-order valence-electron chi connectivity index (χ1n) is 6.42. The van der Waals surface area contributed by atoms with E-state index in [9.17, 15) is 4.79 Å². The van der Waals surface area contributed by atoms with E-state index in [0.29, 0.717) is 26.2 Å². The molecule has 4 nitrogen and oxygen atoms in total. The second kappa shape index (κ2) is 6.40. The molecule has 0 amide bonds. The van der Waals surface area contributed by atoms with Crippen LogP contribution in [-0.4, -0.2) is 25.7 Å². The third kappa shape index (κ3) is 3.23. The highest BCUT2D eigenvalue weighted by atomic mass is 16.5. The Balaban J connectivity index is 1.86. The molecule has 18 heavy (non-hydrogen) atoms. The molecule has 0 fully saturated rings. The molecule has 0 spiro atoms. The Labute approximate surface area is 107 Å². The number of para-hydroxylation sites is 1. The Morgan fingerprint density at radius 3 is 3.17 bits per heavy atom. The van der Waals surface area contributed by atoms with E-state index < -0.39 is 0 Å². The summed E-state index contributed by atoms with van der Waals surface area (Å²) in [6, 6.07) is 8.29. The molecule has 1 heterocycles. The number of carbonyl (C=O) groups excluding carboxylic acids is 1. The first-order valence-corrected chi connectivity index (χ1v) is 6.42. The van der Waals surface area contributed by atoms with Gasteiger partial charge in [0.1, 0.15) is 5.75 Å². The lowest BCUT2D eigenvalue weighted by atomic mass is 10.0. The summed E-state index contributed by atoms with van der Waals surface area (Å²) in [4.78, 5) is 11.2. The minimum Gasteiger partial charge on any atom is -0.493 e. The van der Waals surface area contributed by atoms with Gasteiger partial charge in [-0.1, -0.05) is 18.2 Å². The van der Waals surface area contributed by atoms with Crippen LogP contribution in [0.3, 0.4) is 0 Å². The van der Waals surface area contributed by atoms with Crippen molar-refractivity contribution in [2.24, 2.45) is 0 Å². The number of benzene rings is 1. The van der Waals surface area contributed by atoms with Gasteiger partial charge in [-0.15, -0.1) is 0 Å². The minimum absolute atomic E-state index is 0.148. The van der Waals surface area contributed by atoms with Crippen LogP contribution in [0.5, 0.6) is 5.75 Å². The van der Waals surface area contributed by atoms with Crippen LogP contribution in [0.4, 0.5) is 0 Å². The van der Waals surface area contributed by atoms with Crippen LogP contribution < -0.4 is 10.1 Å². The Morgan fingerprint density at radius 1 is 1.50 bits per heavy atom. The highest BCUT2D eigenvalue weighted by Crippen LogP contribution is 2.31. The summed E-state index contributed by atoms with van der Waals surface area (Å²) in [6.07, 6.45) is 1.34. The number of fused-ring (bicyclic) bond motifs is 1. The van der Waals surface area contributed by atoms with E-state index in [1.807, 2.05) is 25.1 Å². The summed E-state index contributed by atoms with van der Waals surface area (Å²) in [7, 11) is 0. The largest absolute Gasteiger partial charge is 0.493 e. The van der Waals surface area contributed by atoms with Crippen molar-refractivity contribution in [1.29, 1.82) is 0 Å². The lowest BCUT2D eigenvalue weighted by Gasteiger charge is -2.26. The van der Waals surface area contributed by atoms with Crippen LogP contribution >= 0.6 is 0 Å². The van der Waals surface area contributed by atoms with Crippen molar-refractivity contribution in [1.82, 2.24) is 5.32 Å². The molecule has 0 bridgehead atoms. The lowest BCUT2D eigenvalue weighted by molar-refractivity contribution is -0.143. The van der Waals surface area contributed by atoms with E-state index in [1.54, 1.807) is 0 Å². The van der Waals surface area contributed by atoms with Crippen molar-refractivity contribution in [2.45, 2.75) is 25.8 Å². The molecule has 0 aliphatic carbocycles. The summed E-state index contributed by atoms with van der Waals surface area (Å²) in [5.74, 6) is 0.794. The Kier molecular flexibility index (Phi) is 4.59. The third-order valence-electron chi connectivity index (χ3n) is 2.98. The van der Waals surface area contributed by atoms with E-state index in [0.717, 1.165) is 12.2 Å². The molecule has 0 aromatic heterocycles. The van der Waals surface area contributed by atoms with Gasteiger partial charge >= 0.3 is 5.97 Å². The van der Waals surface area contributed by atoms with Crippen molar-refractivity contribution in [3.63, 3.8) is 0 Å². The molecule has 1 aromatic rings. The van der Waals surface area contributed by atoms with E-state index >= 15 is 0 Å². The first kappa shape index (κ1) is 12.9. The summed E-state index contributed by atoms with van der Waals surface area (Å²) in [6.45, 7) is 3.62. The molecule has 0 saturated heterocycles. The predicted octanol–water partition coefficient (Wildman–Crippen LogP) is 2.05. The van der Waals surface area contributed by atoms with Crippen LogP contribution in [0.15, 0.2) is 24.3 Å². The van der Waals surface area contributed by atoms with Crippen molar-refractivity contribution in [3.8, 4) is 5.75 Å². The van der Waals surface area contributed by atoms with Gasteiger partial charge in [-0.2, -0.15) is 0 Å². The maximum absolute atomic E-state index is 11.2. The molecule has 4 heteroatoms. The summed E-state index contributed by atoms with van der Waals surface area (Å²) in [5.41, 5.74) is 1.17. The van der Waals surface area contributed by atoms with Gasteiger partial charge in [-0.05, 0) is 13.0 Å². The van der Waals surface area contributed by atoms with Crippen LogP contribution in [0, 0.1) is 0 Å². The summed E-state index contributed by atoms with van der Waals surface area (Å²) >= 11 is 0. The van der Waals surface area contributed by atoms with Crippen LogP contribution in [0.25, 0.3) is 0 Å². The highest BCUT2D eigenvalue weighted by molar-refractivity contribution is 5.69. The monoisotopic (exact) mass is 249 g/mol. The van der Waals surface area contributed by atoms with Gasteiger partial charge in [0.25, 0.3) is 0 Å². The summed E-state index contributed by atoms with van der Waals surface area (Å²) < 4.78 is 10.5. The maximum atomic E-state index is 11.2. The highest BCUT2D eigenvalue weighted by Gasteiger charge is 2.20. The molecule has 0 radical (unpaired) electrons. The Bertz CT molecular complexity index is 406. The van der Waals surface area contributed by atoms with Gasteiger partial charge in [0, 0.05) is 24.6 Å². The number of esters is 1. The fourth-order valence-electron chi connectivity index (χ4n) is 2.14. The van der Waals surface area contributed by atoms with Gasteiger partial charge in [0.05, 0.1) is 19.6 Å². The molecule has 1 aliphatic heterocycles. The SMILES string of the molecule is CCOC(=O)CCNC1CCOc2ccccc21. The average molecular weight is 249 g/mol. The van der Waals surface area contributed by atoms with E-state index in [-0.39, 0.29) is 12.0 Å². The number of nitrogens with one attached hydrogen (secondary N) is 1. The second-order valence-electron chi connectivity index (χ2n) is 4.24. The summed E-state index contributed by atoms with van der Waals surface area (Å²) in [5, 5.41) is 3.39. The van der Waals surface area contributed by atoms with E-state index in [1.165, 1.54) is 5.56 Å². The fourth-order valence-corrected chi connectivity index (χ4v) is 2.14. The van der Waals surface area contributed by atoms with Crippen molar-refractivity contribution in [3.05, 3.63) is 29.8 Å². The van der Waals surface area contributed by atoms with Gasteiger partial charge in [-0.25, -0.2) is 0 Å². The average Bonchev–Trinajstić information content (AvgIpc) is 2.39. The molecular formula is C14H19NO3.